The van der Waals surface area contributed by atoms with Gasteiger partial charge in [-0.2, -0.15) is 0 Å². The lowest BCUT2D eigenvalue weighted by Crippen LogP contribution is -2.56. The number of ether oxygens (including phenoxy) is 3. The summed E-state index contributed by atoms with van der Waals surface area (Å²) in [6.07, 6.45) is -4.62. The number of amides is 1. The smallest absolute Gasteiger partial charge is 0.416 e. The number of rotatable bonds is 8. The summed E-state index contributed by atoms with van der Waals surface area (Å²) in [6, 6.07) is 19.3. The van der Waals surface area contributed by atoms with E-state index in [0.717, 1.165) is 27.7 Å². The number of hydrogen-bond acceptors (Lipinski definition) is 10. The van der Waals surface area contributed by atoms with Gasteiger partial charge < -0.3 is 39.6 Å². The number of aliphatic hydroxyl groups is 4. The standard InChI is InChI=1S/C34H33Cl2N5O8/c35-19-3-8-23(9-4-19)48-34(46)40-13-11-24-25-15-20(36)5-10-26(25)37-28(24)29(40)18-1-6-22(7-2-18)47-14-12-21-16-41(39-38-21)33-32(45)31(44)30(43)27(17-42)49-33/h1-10,15-16,27,29-33,37,42-45H,11-14,17H2. The van der Waals surface area contributed by atoms with Crippen LogP contribution in [0.3, 0.4) is 0 Å². The van der Waals surface area contributed by atoms with Crippen LogP contribution in [0.5, 0.6) is 11.5 Å². The molecule has 6 atom stereocenters. The third kappa shape index (κ3) is 6.71. The number of nitrogens with one attached hydrogen (secondary N) is 1. The molecule has 0 aliphatic carbocycles. The zero-order valence-corrected chi connectivity index (χ0v) is 27.4. The number of aromatic amines is 1. The first kappa shape index (κ1) is 33.3. The second-order valence-corrected chi connectivity index (χ2v) is 12.8. The summed E-state index contributed by atoms with van der Waals surface area (Å²) in [7, 11) is 0. The van der Waals surface area contributed by atoms with Crippen molar-refractivity contribution in [3.8, 4) is 11.5 Å². The molecule has 0 radical (unpaired) electrons. The Balaban J connectivity index is 1.06. The minimum absolute atomic E-state index is 0.253. The van der Waals surface area contributed by atoms with Gasteiger partial charge >= 0.3 is 6.09 Å². The molecule has 2 aliphatic heterocycles. The highest BCUT2D eigenvalue weighted by atomic mass is 35.5. The summed E-state index contributed by atoms with van der Waals surface area (Å²) in [6.45, 7) is 0.133. The van der Waals surface area contributed by atoms with E-state index < -0.39 is 49.4 Å². The minimum atomic E-state index is -1.52. The second kappa shape index (κ2) is 14.0. The van der Waals surface area contributed by atoms with Crippen LogP contribution in [0.1, 0.15) is 34.8 Å². The molecule has 1 amide bonds. The molecule has 4 heterocycles. The first-order chi connectivity index (χ1) is 23.7. The molecule has 1 fully saturated rings. The van der Waals surface area contributed by atoms with Gasteiger partial charge in [-0.25, -0.2) is 9.48 Å². The number of aromatic nitrogens is 4. The Labute approximate surface area is 290 Å². The average Bonchev–Trinajstić information content (AvgIpc) is 3.73. The van der Waals surface area contributed by atoms with Crippen molar-refractivity contribution in [1.29, 1.82) is 0 Å². The molecule has 2 aliphatic rings. The van der Waals surface area contributed by atoms with E-state index in [0.29, 0.717) is 46.6 Å². The maximum Gasteiger partial charge on any atom is 0.416 e. The molecular weight excluding hydrogens is 677 g/mol. The van der Waals surface area contributed by atoms with Crippen molar-refractivity contribution in [1.82, 2.24) is 24.9 Å². The van der Waals surface area contributed by atoms with Crippen LogP contribution in [0.2, 0.25) is 10.0 Å². The van der Waals surface area contributed by atoms with Crippen molar-refractivity contribution in [3.63, 3.8) is 0 Å². The van der Waals surface area contributed by atoms with E-state index in [-0.39, 0.29) is 6.61 Å². The number of fused-ring (bicyclic) bond motifs is 3. The lowest BCUT2D eigenvalue weighted by atomic mass is 9.92. The van der Waals surface area contributed by atoms with E-state index in [1.165, 1.54) is 4.68 Å². The summed E-state index contributed by atoms with van der Waals surface area (Å²) in [5, 5.41) is 50.3. The van der Waals surface area contributed by atoms with Crippen molar-refractivity contribution >= 4 is 40.2 Å². The molecule has 3 aromatic carbocycles. The summed E-state index contributed by atoms with van der Waals surface area (Å²) < 4.78 is 18.5. The number of halogens is 2. The van der Waals surface area contributed by atoms with Gasteiger partial charge in [-0.05, 0) is 72.1 Å². The van der Waals surface area contributed by atoms with Crippen LogP contribution >= 0.6 is 23.2 Å². The molecule has 6 unspecified atom stereocenters. The zero-order chi connectivity index (χ0) is 34.2. The summed E-state index contributed by atoms with van der Waals surface area (Å²) in [5.74, 6) is 0.985. The second-order valence-electron chi connectivity index (χ2n) is 12.0. The molecule has 1 saturated heterocycles. The van der Waals surface area contributed by atoms with Crippen LogP contribution in [0.4, 0.5) is 4.79 Å². The van der Waals surface area contributed by atoms with Crippen molar-refractivity contribution < 1.29 is 39.4 Å². The quantitative estimate of drug-likeness (QED) is 0.159. The Morgan fingerprint density at radius 2 is 1.69 bits per heavy atom. The highest BCUT2D eigenvalue weighted by Gasteiger charge is 2.44. The fourth-order valence-electron chi connectivity index (χ4n) is 6.34. The van der Waals surface area contributed by atoms with E-state index in [2.05, 4.69) is 15.3 Å². The number of nitrogens with zero attached hydrogens (tertiary/aromatic N) is 4. The molecule has 0 bridgehead atoms. The van der Waals surface area contributed by atoms with Crippen LogP contribution in [0, 0.1) is 0 Å². The molecule has 7 rings (SSSR count). The van der Waals surface area contributed by atoms with Crippen LogP contribution in [-0.4, -0.2) is 95.6 Å². The first-order valence-corrected chi connectivity index (χ1v) is 16.4. The molecule has 15 heteroatoms. The Morgan fingerprint density at radius 1 is 0.959 bits per heavy atom. The maximum absolute atomic E-state index is 13.6. The molecule has 49 heavy (non-hydrogen) atoms. The SMILES string of the molecule is O=C(Oc1ccc(Cl)cc1)N1CCc2c([nH]c3ccc(Cl)cc23)C1c1ccc(OCCc2cn(C3OC(CO)C(O)C(O)C3O)nn2)cc1. The van der Waals surface area contributed by atoms with Crippen molar-refractivity contribution in [2.24, 2.45) is 0 Å². The lowest BCUT2D eigenvalue weighted by Gasteiger charge is -2.39. The van der Waals surface area contributed by atoms with Crippen LogP contribution < -0.4 is 9.47 Å². The van der Waals surface area contributed by atoms with Crippen LogP contribution in [-0.2, 0) is 17.6 Å². The number of carbonyl (C=O) groups excluding carboxylic acids is 1. The van der Waals surface area contributed by atoms with E-state index in [9.17, 15) is 25.2 Å². The molecule has 5 N–H and O–H groups in total. The van der Waals surface area contributed by atoms with Gasteiger partial charge in [0.15, 0.2) is 6.23 Å². The summed E-state index contributed by atoms with van der Waals surface area (Å²) in [5.41, 5.74) is 4.29. The fraction of sp³-hybridized carbons (Fsp3) is 0.324. The van der Waals surface area contributed by atoms with E-state index in [1.54, 1.807) is 35.4 Å². The van der Waals surface area contributed by atoms with Gasteiger partial charge in [0, 0.05) is 39.6 Å². The molecular formula is C34H33Cl2N5O8. The van der Waals surface area contributed by atoms with Gasteiger partial charge in [0.2, 0.25) is 0 Å². The number of carbonyl (C=O) groups is 1. The Kier molecular flexibility index (Phi) is 9.48. The third-order valence-corrected chi connectivity index (χ3v) is 9.34. The van der Waals surface area contributed by atoms with Crippen LogP contribution in [0.25, 0.3) is 10.9 Å². The predicted molar refractivity (Wildman–Crippen MR) is 178 cm³/mol. The molecule has 0 spiro atoms. The van der Waals surface area contributed by atoms with E-state index in [4.69, 9.17) is 37.4 Å². The lowest BCUT2D eigenvalue weighted by molar-refractivity contribution is -0.254. The van der Waals surface area contributed by atoms with Crippen LogP contribution in [0.15, 0.2) is 72.9 Å². The third-order valence-electron chi connectivity index (χ3n) is 8.85. The molecule has 256 valence electrons. The van der Waals surface area contributed by atoms with Crippen molar-refractivity contribution in [3.05, 3.63) is 105 Å². The minimum Gasteiger partial charge on any atom is -0.493 e. The highest BCUT2D eigenvalue weighted by molar-refractivity contribution is 6.31. The summed E-state index contributed by atoms with van der Waals surface area (Å²) >= 11 is 12.4. The monoisotopic (exact) mass is 709 g/mol. The highest BCUT2D eigenvalue weighted by Crippen LogP contribution is 2.40. The number of aliphatic hydroxyl groups excluding tert-OH is 4. The first-order valence-electron chi connectivity index (χ1n) is 15.7. The van der Waals surface area contributed by atoms with E-state index >= 15 is 0 Å². The average molecular weight is 711 g/mol. The molecule has 0 saturated carbocycles. The maximum atomic E-state index is 13.6. The summed E-state index contributed by atoms with van der Waals surface area (Å²) in [4.78, 5) is 18.8. The number of H-pyrrole nitrogens is 1. The van der Waals surface area contributed by atoms with E-state index in [1.807, 2.05) is 42.5 Å². The molecule has 2 aromatic heterocycles. The van der Waals surface area contributed by atoms with Gasteiger partial charge in [-0.3, -0.25) is 4.90 Å². The Hall–Kier alpha value is -4.21. The van der Waals surface area contributed by atoms with Gasteiger partial charge in [0.1, 0.15) is 42.0 Å². The van der Waals surface area contributed by atoms with Crippen molar-refractivity contribution in [2.45, 2.75) is 49.5 Å². The normalized spacial score (nSPS) is 23.8. The largest absolute Gasteiger partial charge is 0.493 e. The van der Waals surface area contributed by atoms with Gasteiger partial charge in [0.25, 0.3) is 0 Å². The van der Waals surface area contributed by atoms with Gasteiger partial charge in [0.05, 0.1) is 25.1 Å². The predicted octanol–water partition coefficient (Wildman–Crippen LogP) is 3.81. The number of hydrogen-bond donors (Lipinski definition) is 5. The molecule has 5 aromatic rings. The Morgan fingerprint density at radius 3 is 2.45 bits per heavy atom. The topological polar surface area (TPSA) is 175 Å². The van der Waals surface area contributed by atoms with Crippen molar-refractivity contribution in [2.75, 3.05) is 19.8 Å². The van der Waals surface area contributed by atoms with Gasteiger partial charge in [-0.15, -0.1) is 5.10 Å². The number of benzene rings is 3. The van der Waals surface area contributed by atoms with Gasteiger partial charge in [-0.1, -0.05) is 40.5 Å². The Bertz CT molecular complexity index is 1930. The fourth-order valence-corrected chi connectivity index (χ4v) is 6.64. The molecule has 13 nitrogen and oxygen atoms in total. The zero-order valence-electron chi connectivity index (χ0n) is 25.9.